The van der Waals surface area contributed by atoms with Crippen molar-refractivity contribution in [2.24, 2.45) is 0 Å². The Balaban J connectivity index is 1.62. The molecule has 0 aliphatic rings. The maximum Gasteiger partial charge on any atom is 0.328 e. The predicted octanol–water partition coefficient (Wildman–Crippen LogP) is 1.58. The van der Waals surface area contributed by atoms with Gasteiger partial charge in [-0.1, -0.05) is 30.3 Å². The quantitative estimate of drug-likeness (QED) is 0.704. The fraction of sp³-hybridized carbons (Fsp3) is 0.211. The molecule has 0 saturated heterocycles. The summed E-state index contributed by atoms with van der Waals surface area (Å²) in [7, 11) is 0. The van der Waals surface area contributed by atoms with Gasteiger partial charge in [0.2, 0.25) is 5.91 Å². The first-order valence-electron chi connectivity index (χ1n) is 8.28. The van der Waals surface area contributed by atoms with Crippen molar-refractivity contribution in [1.82, 2.24) is 14.9 Å². The Morgan fingerprint density at radius 1 is 1.08 bits per heavy atom. The Morgan fingerprint density at radius 2 is 1.81 bits per heavy atom. The average Bonchev–Trinajstić information content (AvgIpc) is 2.63. The van der Waals surface area contributed by atoms with E-state index in [0.29, 0.717) is 29.4 Å². The summed E-state index contributed by atoms with van der Waals surface area (Å²) in [5, 5.41) is 3.11. The third-order valence-electron chi connectivity index (χ3n) is 4.14. The number of benzene rings is 2. The van der Waals surface area contributed by atoms with Gasteiger partial charge in [0.15, 0.2) is 0 Å². The van der Waals surface area contributed by atoms with Gasteiger partial charge >= 0.3 is 5.69 Å². The molecule has 2 N–H and O–H groups in total. The molecule has 0 unspecified atom stereocenters. The standard InChI is InChI=1S/C19H18FN3O3/c20-15-7-3-1-5-13(15)9-11-21-17(24)10-12-23-16-8-4-2-6-14(16)18(25)22-19(23)26/h1-8H,9-12H2,(H,21,24)(H,22,25,26). The van der Waals surface area contributed by atoms with Crippen LogP contribution in [0, 0.1) is 5.82 Å². The Kier molecular flexibility index (Phi) is 5.26. The molecule has 0 saturated carbocycles. The molecule has 1 amide bonds. The van der Waals surface area contributed by atoms with E-state index in [1.807, 2.05) is 0 Å². The van der Waals surface area contributed by atoms with Crippen LogP contribution in [0.3, 0.4) is 0 Å². The van der Waals surface area contributed by atoms with Gasteiger partial charge in [-0.25, -0.2) is 9.18 Å². The van der Waals surface area contributed by atoms with Crippen LogP contribution in [0.4, 0.5) is 4.39 Å². The first-order valence-corrected chi connectivity index (χ1v) is 8.28. The zero-order valence-electron chi connectivity index (χ0n) is 14.0. The van der Waals surface area contributed by atoms with Crippen molar-refractivity contribution in [1.29, 1.82) is 0 Å². The first kappa shape index (κ1) is 17.6. The molecule has 0 radical (unpaired) electrons. The molecule has 0 atom stereocenters. The summed E-state index contributed by atoms with van der Waals surface area (Å²) in [6.07, 6.45) is 0.465. The number of aryl methyl sites for hydroxylation is 1. The van der Waals surface area contributed by atoms with Crippen molar-refractivity contribution in [3.63, 3.8) is 0 Å². The Bertz CT molecular complexity index is 1060. The lowest BCUT2D eigenvalue weighted by atomic mass is 10.1. The third kappa shape index (κ3) is 3.88. The fourth-order valence-corrected chi connectivity index (χ4v) is 2.80. The number of rotatable bonds is 6. The number of hydrogen-bond acceptors (Lipinski definition) is 3. The summed E-state index contributed by atoms with van der Waals surface area (Å²) in [6, 6.07) is 13.1. The summed E-state index contributed by atoms with van der Waals surface area (Å²) in [6.45, 7) is 0.447. The molecule has 2 aromatic carbocycles. The molecule has 26 heavy (non-hydrogen) atoms. The maximum atomic E-state index is 13.5. The average molecular weight is 355 g/mol. The lowest BCUT2D eigenvalue weighted by Crippen LogP contribution is -2.33. The summed E-state index contributed by atoms with van der Waals surface area (Å²) in [5.41, 5.74) is 0.0279. The number of hydrogen-bond donors (Lipinski definition) is 2. The molecule has 0 aliphatic heterocycles. The van der Waals surface area contributed by atoms with E-state index in [0.717, 1.165) is 0 Å². The smallest absolute Gasteiger partial charge is 0.328 e. The number of para-hydroxylation sites is 1. The molecule has 3 aromatic rings. The molecule has 0 spiro atoms. The van der Waals surface area contributed by atoms with Gasteiger partial charge in [0.1, 0.15) is 5.82 Å². The summed E-state index contributed by atoms with van der Waals surface area (Å²) in [4.78, 5) is 38.1. The maximum absolute atomic E-state index is 13.5. The van der Waals surface area contributed by atoms with Crippen LogP contribution in [-0.2, 0) is 17.8 Å². The molecule has 3 rings (SSSR count). The van der Waals surface area contributed by atoms with Crippen molar-refractivity contribution < 1.29 is 9.18 Å². The number of aromatic nitrogens is 2. The van der Waals surface area contributed by atoms with Gasteiger partial charge in [-0.2, -0.15) is 0 Å². The predicted molar refractivity (Wildman–Crippen MR) is 96.6 cm³/mol. The van der Waals surface area contributed by atoms with Crippen molar-refractivity contribution in [2.45, 2.75) is 19.4 Å². The molecule has 0 aliphatic carbocycles. The fourth-order valence-electron chi connectivity index (χ4n) is 2.80. The van der Waals surface area contributed by atoms with Crippen LogP contribution in [0.15, 0.2) is 58.1 Å². The largest absolute Gasteiger partial charge is 0.356 e. The van der Waals surface area contributed by atoms with Gasteiger partial charge in [0, 0.05) is 19.5 Å². The Hall–Kier alpha value is -3.22. The number of carbonyl (C=O) groups excluding carboxylic acids is 1. The highest BCUT2D eigenvalue weighted by atomic mass is 19.1. The summed E-state index contributed by atoms with van der Waals surface area (Å²) in [5.74, 6) is -0.545. The van der Waals surface area contributed by atoms with Crippen molar-refractivity contribution in [3.05, 3.63) is 80.7 Å². The van der Waals surface area contributed by atoms with E-state index in [-0.39, 0.29) is 24.7 Å². The lowest BCUT2D eigenvalue weighted by Gasteiger charge is -2.10. The normalized spacial score (nSPS) is 10.8. The van der Waals surface area contributed by atoms with E-state index in [4.69, 9.17) is 0 Å². The highest BCUT2D eigenvalue weighted by Gasteiger charge is 2.09. The number of carbonyl (C=O) groups is 1. The number of halogens is 1. The van der Waals surface area contributed by atoms with Gasteiger partial charge in [-0.15, -0.1) is 0 Å². The van der Waals surface area contributed by atoms with Crippen molar-refractivity contribution in [2.75, 3.05) is 6.54 Å². The van der Waals surface area contributed by atoms with Gasteiger partial charge in [0.05, 0.1) is 10.9 Å². The van der Waals surface area contributed by atoms with Crippen LogP contribution in [0.5, 0.6) is 0 Å². The van der Waals surface area contributed by atoms with Crippen molar-refractivity contribution >= 4 is 16.8 Å². The van der Waals surface area contributed by atoms with Crippen LogP contribution in [0.2, 0.25) is 0 Å². The number of aromatic amines is 1. The number of fused-ring (bicyclic) bond motifs is 1. The van der Waals surface area contributed by atoms with Gasteiger partial charge in [-0.05, 0) is 30.2 Å². The van der Waals surface area contributed by atoms with Gasteiger partial charge < -0.3 is 5.32 Å². The van der Waals surface area contributed by atoms with E-state index in [2.05, 4.69) is 10.3 Å². The Labute approximate surface area is 148 Å². The van der Waals surface area contributed by atoms with E-state index in [9.17, 15) is 18.8 Å². The minimum atomic E-state index is -0.548. The van der Waals surface area contributed by atoms with Gasteiger partial charge in [0.25, 0.3) is 5.56 Å². The molecule has 1 heterocycles. The molecule has 6 nitrogen and oxygen atoms in total. The Morgan fingerprint density at radius 3 is 2.62 bits per heavy atom. The lowest BCUT2D eigenvalue weighted by molar-refractivity contribution is -0.121. The van der Waals surface area contributed by atoms with Crippen LogP contribution in [0.1, 0.15) is 12.0 Å². The SMILES string of the molecule is O=C(CCn1c(=O)[nH]c(=O)c2ccccc21)NCCc1ccccc1F. The molecular weight excluding hydrogens is 337 g/mol. The zero-order valence-corrected chi connectivity index (χ0v) is 14.0. The molecule has 0 fully saturated rings. The van der Waals surface area contributed by atoms with Crippen LogP contribution in [0.25, 0.3) is 10.9 Å². The number of amides is 1. The number of nitrogens with one attached hydrogen (secondary N) is 2. The highest BCUT2D eigenvalue weighted by Crippen LogP contribution is 2.08. The number of H-pyrrole nitrogens is 1. The number of nitrogens with zero attached hydrogens (tertiary/aromatic N) is 1. The minimum Gasteiger partial charge on any atom is -0.356 e. The molecular formula is C19H18FN3O3. The molecule has 7 heteroatoms. The monoisotopic (exact) mass is 355 g/mol. The third-order valence-corrected chi connectivity index (χ3v) is 4.14. The van der Waals surface area contributed by atoms with Crippen LogP contribution < -0.4 is 16.6 Å². The topological polar surface area (TPSA) is 84.0 Å². The first-order chi connectivity index (χ1) is 12.6. The summed E-state index contributed by atoms with van der Waals surface area (Å²) >= 11 is 0. The van der Waals surface area contributed by atoms with Crippen LogP contribution >= 0.6 is 0 Å². The van der Waals surface area contributed by atoms with Gasteiger partial charge in [-0.3, -0.25) is 19.1 Å². The molecule has 0 bridgehead atoms. The second kappa shape index (κ2) is 7.77. The van der Waals surface area contributed by atoms with Crippen molar-refractivity contribution in [3.8, 4) is 0 Å². The van der Waals surface area contributed by atoms with Crippen LogP contribution in [-0.4, -0.2) is 22.0 Å². The molecule has 1 aromatic heterocycles. The van der Waals surface area contributed by atoms with E-state index in [1.165, 1.54) is 10.6 Å². The zero-order chi connectivity index (χ0) is 18.5. The molecule has 134 valence electrons. The van der Waals surface area contributed by atoms with E-state index < -0.39 is 11.2 Å². The highest BCUT2D eigenvalue weighted by molar-refractivity contribution is 5.78. The van der Waals surface area contributed by atoms with E-state index in [1.54, 1.807) is 42.5 Å². The minimum absolute atomic E-state index is 0.0766. The second-order valence-electron chi connectivity index (χ2n) is 5.87. The summed E-state index contributed by atoms with van der Waals surface area (Å²) < 4.78 is 14.9. The second-order valence-corrected chi connectivity index (χ2v) is 5.87. The van der Waals surface area contributed by atoms with E-state index >= 15 is 0 Å².